The lowest BCUT2D eigenvalue weighted by molar-refractivity contribution is -0.118. The van der Waals surface area contributed by atoms with Crippen molar-refractivity contribution in [1.82, 2.24) is 0 Å². The first kappa shape index (κ1) is 17.5. The molecule has 0 saturated carbocycles. The van der Waals surface area contributed by atoms with Crippen LogP contribution in [0.1, 0.15) is 45.1 Å². The average Bonchev–Trinajstić information content (AvgIpc) is 2.41. The van der Waals surface area contributed by atoms with Gasteiger partial charge in [-0.1, -0.05) is 20.8 Å². The van der Waals surface area contributed by atoms with E-state index in [9.17, 15) is 18.0 Å². The summed E-state index contributed by atoms with van der Waals surface area (Å²) in [6.07, 6.45) is 0.849. The lowest BCUT2D eigenvalue weighted by atomic mass is 9.91. The number of nitrogens with one attached hydrogen (secondary N) is 1. The zero-order valence-electron chi connectivity index (χ0n) is 12.5. The van der Waals surface area contributed by atoms with Crippen molar-refractivity contribution >= 4 is 11.6 Å². The van der Waals surface area contributed by atoms with E-state index in [2.05, 4.69) is 5.32 Å². The monoisotopic (exact) mass is 302 g/mol. The summed E-state index contributed by atoms with van der Waals surface area (Å²) in [5, 5.41) is 2.18. The molecular formula is C15H21F3N2O. The van der Waals surface area contributed by atoms with E-state index in [4.69, 9.17) is 5.73 Å². The predicted octanol–water partition coefficient (Wildman–Crippen LogP) is 3.54. The highest BCUT2D eigenvalue weighted by Crippen LogP contribution is 2.33. The molecule has 0 aliphatic carbocycles. The smallest absolute Gasteiger partial charge is 0.227 e. The fraction of sp³-hybridized carbons (Fsp3) is 0.533. The van der Waals surface area contributed by atoms with Gasteiger partial charge >= 0.3 is 0 Å². The van der Waals surface area contributed by atoms with Crippen LogP contribution >= 0.6 is 0 Å². The quantitative estimate of drug-likeness (QED) is 0.844. The van der Waals surface area contributed by atoms with Crippen molar-refractivity contribution in [3.8, 4) is 0 Å². The van der Waals surface area contributed by atoms with Gasteiger partial charge in [0.2, 0.25) is 5.91 Å². The Morgan fingerprint density at radius 3 is 2.38 bits per heavy atom. The highest BCUT2D eigenvalue weighted by Gasteiger charge is 2.25. The molecule has 1 rings (SSSR count). The van der Waals surface area contributed by atoms with Crippen LogP contribution in [-0.4, -0.2) is 12.5 Å². The summed E-state index contributed by atoms with van der Waals surface area (Å²) in [6.45, 7) is 5.23. The van der Waals surface area contributed by atoms with E-state index in [1.807, 2.05) is 0 Å². The van der Waals surface area contributed by atoms with Crippen LogP contribution in [0.5, 0.6) is 0 Å². The van der Waals surface area contributed by atoms with Gasteiger partial charge in [0.15, 0.2) is 11.6 Å². The van der Waals surface area contributed by atoms with E-state index >= 15 is 0 Å². The molecule has 0 aliphatic heterocycles. The van der Waals surface area contributed by atoms with Crippen LogP contribution in [0.3, 0.4) is 0 Å². The summed E-state index contributed by atoms with van der Waals surface area (Å²) < 4.78 is 42.1. The SMILES string of the molecule is CCC(CCN)c1c(F)cc(F)c(NC(=O)C(C)C)c1F. The second kappa shape index (κ2) is 7.45. The number of halogens is 3. The second-order valence-corrected chi connectivity index (χ2v) is 5.27. The second-order valence-electron chi connectivity index (χ2n) is 5.27. The first-order chi connectivity index (χ1) is 9.83. The Kier molecular flexibility index (Phi) is 6.20. The maximum atomic E-state index is 14.4. The third-order valence-corrected chi connectivity index (χ3v) is 3.39. The molecule has 3 nitrogen and oxygen atoms in total. The molecule has 0 aromatic heterocycles. The van der Waals surface area contributed by atoms with Crippen molar-refractivity contribution in [1.29, 1.82) is 0 Å². The number of hydrogen-bond acceptors (Lipinski definition) is 2. The van der Waals surface area contributed by atoms with E-state index in [0.717, 1.165) is 0 Å². The van der Waals surface area contributed by atoms with E-state index < -0.39 is 40.9 Å². The minimum Gasteiger partial charge on any atom is -0.330 e. The minimum absolute atomic E-state index is 0.219. The number of nitrogens with two attached hydrogens (primary N) is 1. The predicted molar refractivity (Wildman–Crippen MR) is 76.5 cm³/mol. The third kappa shape index (κ3) is 3.97. The summed E-state index contributed by atoms with van der Waals surface area (Å²) in [5.41, 5.74) is 4.63. The van der Waals surface area contributed by atoms with Crippen molar-refractivity contribution < 1.29 is 18.0 Å². The van der Waals surface area contributed by atoms with Crippen molar-refractivity contribution in [2.24, 2.45) is 11.7 Å². The first-order valence-electron chi connectivity index (χ1n) is 7.01. The highest BCUT2D eigenvalue weighted by molar-refractivity contribution is 5.92. The summed E-state index contributed by atoms with van der Waals surface area (Å²) in [4.78, 5) is 11.6. The Morgan fingerprint density at radius 2 is 1.90 bits per heavy atom. The van der Waals surface area contributed by atoms with Crippen molar-refractivity contribution in [3.63, 3.8) is 0 Å². The van der Waals surface area contributed by atoms with E-state index in [1.165, 1.54) is 0 Å². The normalized spacial score (nSPS) is 12.6. The van der Waals surface area contributed by atoms with E-state index in [0.29, 0.717) is 18.9 Å². The molecule has 1 aromatic rings. The van der Waals surface area contributed by atoms with Crippen LogP contribution in [0.15, 0.2) is 6.07 Å². The van der Waals surface area contributed by atoms with Gasteiger partial charge in [-0.15, -0.1) is 0 Å². The number of hydrogen-bond donors (Lipinski definition) is 2. The van der Waals surface area contributed by atoms with Crippen molar-refractivity contribution in [2.75, 3.05) is 11.9 Å². The third-order valence-electron chi connectivity index (χ3n) is 3.39. The van der Waals surface area contributed by atoms with E-state index in [-0.39, 0.29) is 12.1 Å². The Morgan fingerprint density at radius 1 is 1.29 bits per heavy atom. The van der Waals surface area contributed by atoms with Crippen LogP contribution in [-0.2, 0) is 4.79 Å². The number of carbonyl (C=O) groups excluding carboxylic acids is 1. The van der Waals surface area contributed by atoms with Gasteiger partial charge in [0, 0.05) is 17.5 Å². The lowest BCUT2D eigenvalue weighted by Gasteiger charge is -2.19. The molecule has 0 radical (unpaired) electrons. The van der Waals surface area contributed by atoms with Gasteiger partial charge in [0.1, 0.15) is 11.5 Å². The fourth-order valence-corrected chi connectivity index (χ4v) is 2.12. The number of benzene rings is 1. The summed E-state index contributed by atoms with van der Waals surface area (Å²) in [5.74, 6) is -4.55. The van der Waals surface area contributed by atoms with Gasteiger partial charge in [-0.25, -0.2) is 13.2 Å². The van der Waals surface area contributed by atoms with Crippen LogP contribution < -0.4 is 11.1 Å². The van der Waals surface area contributed by atoms with Gasteiger partial charge in [-0.3, -0.25) is 4.79 Å². The molecule has 3 N–H and O–H groups in total. The van der Waals surface area contributed by atoms with Gasteiger partial charge < -0.3 is 11.1 Å². The Labute approximate surface area is 122 Å². The van der Waals surface area contributed by atoms with Crippen molar-refractivity contribution in [3.05, 3.63) is 29.1 Å². The highest BCUT2D eigenvalue weighted by atomic mass is 19.1. The molecule has 6 heteroatoms. The zero-order valence-corrected chi connectivity index (χ0v) is 12.5. The number of anilines is 1. The van der Waals surface area contributed by atoms with Gasteiger partial charge in [-0.05, 0) is 25.3 Å². The van der Waals surface area contributed by atoms with Gasteiger partial charge in [0.25, 0.3) is 0 Å². The van der Waals surface area contributed by atoms with Gasteiger partial charge in [0.05, 0.1) is 0 Å². The number of carbonyl (C=O) groups is 1. The Bertz CT molecular complexity index is 518. The molecule has 0 aliphatic rings. The average molecular weight is 302 g/mol. The Hall–Kier alpha value is -1.56. The molecule has 0 heterocycles. The summed E-state index contributed by atoms with van der Waals surface area (Å²) in [6, 6.07) is 0.605. The molecule has 0 spiro atoms. The maximum absolute atomic E-state index is 14.4. The standard InChI is InChI=1S/C15H21F3N2O/c1-4-9(5-6-19)12-10(16)7-11(17)14(13(12)18)20-15(21)8(2)3/h7-9H,4-6,19H2,1-3H3,(H,20,21). The summed E-state index contributed by atoms with van der Waals surface area (Å²) >= 11 is 0. The number of rotatable bonds is 6. The lowest BCUT2D eigenvalue weighted by Crippen LogP contribution is -2.21. The van der Waals surface area contributed by atoms with Gasteiger partial charge in [-0.2, -0.15) is 0 Å². The molecule has 1 aromatic carbocycles. The molecule has 0 fully saturated rings. The zero-order chi connectivity index (χ0) is 16.2. The van der Waals surface area contributed by atoms with Crippen LogP contribution in [0.2, 0.25) is 0 Å². The molecule has 1 atom stereocenters. The minimum atomic E-state index is -1.12. The largest absolute Gasteiger partial charge is 0.330 e. The number of amides is 1. The fourth-order valence-electron chi connectivity index (χ4n) is 2.12. The molecule has 21 heavy (non-hydrogen) atoms. The maximum Gasteiger partial charge on any atom is 0.227 e. The molecule has 0 bridgehead atoms. The van der Waals surface area contributed by atoms with E-state index in [1.54, 1.807) is 20.8 Å². The molecule has 118 valence electrons. The van der Waals surface area contributed by atoms with Crippen LogP contribution in [0, 0.1) is 23.4 Å². The molecule has 1 amide bonds. The Balaban J connectivity index is 3.30. The first-order valence-corrected chi connectivity index (χ1v) is 7.01. The molecular weight excluding hydrogens is 281 g/mol. The molecule has 1 unspecified atom stereocenters. The molecule has 0 saturated heterocycles. The van der Waals surface area contributed by atoms with Crippen molar-refractivity contribution in [2.45, 2.75) is 39.5 Å². The summed E-state index contributed by atoms with van der Waals surface area (Å²) in [7, 11) is 0. The topological polar surface area (TPSA) is 55.1 Å². The van der Waals surface area contributed by atoms with Crippen LogP contribution in [0.25, 0.3) is 0 Å². The van der Waals surface area contributed by atoms with Crippen LogP contribution in [0.4, 0.5) is 18.9 Å².